The minimum atomic E-state index is -0.427. The summed E-state index contributed by atoms with van der Waals surface area (Å²) in [6.07, 6.45) is 1.49. The zero-order valence-corrected chi connectivity index (χ0v) is 16.0. The lowest BCUT2D eigenvalue weighted by Gasteiger charge is -2.45. The minimum absolute atomic E-state index is 0.127. The molecular weight excluding hydrogens is 376 g/mol. The number of benzene rings is 3. The summed E-state index contributed by atoms with van der Waals surface area (Å²) in [6.45, 7) is 0. The predicted molar refractivity (Wildman–Crippen MR) is 111 cm³/mol. The summed E-state index contributed by atoms with van der Waals surface area (Å²) < 4.78 is 0. The van der Waals surface area contributed by atoms with Crippen LogP contribution in [0.2, 0.25) is 0 Å². The van der Waals surface area contributed by atoms with Crippen LogP contribution in [-0.4, -0.2) is 28.1 Å². The molecule has 3 aliphatic carbocycles. The molecule has 0 saturated carbocycles. The van der Waals surface area contributed by atoms with E-state index >= 15 is 0 Å². The van der Waals surface area contributed by atoms with Crippen LogP contribution in [0.25, 0.3) is 0 Å². The molecule has 5 heteroatoms. The van der Waals surface area contributed by atoms with Crippen LogP contribution in [0.3, 0.4) is 0 Å². The topological polar surface area (TPSA) is 70.0 Å². The van der Waals surface area contributed by atoms with Crippen LogP contribution in [-0.2, 0) is 9.59 Å². The summed E-state index contributed by atoms with van der Waals surface area (Å²) in [5.41, 5.74) is 5.29. The molecule has 30 heavy (non-hydrogen) atoms. The van der Waals surface area contributed by atoms with Gasteiger partial charge in [0.05, 0.1) is 18.1 Å². The first-order valence-corrected chi connectivity index (χ1v) is 10.0. The van der Waals surface area contributed by atoms with Gasteiger partial charge in [-0.15, -0.1) is 0 Å². The molecule has 4 aliphatic rings. The van der Waals surface area contributed by atoms with Gasteiger partial charge in [0.15, 0.2) is 0 Å². The van der Waals surface area contributed by atoms with Crippen molar-refractivity contribution in [1.29, 1.82) is 0 Å². The van der Waals surface area contributed by atoms with E-state index in [0.29, 0.717) is 5.56 Å². The molecule has 3 aromatic rings. The first-order chi connectivity index (χ1) is 14.6. The normalized spacial score (nSPS) is 26.1. The number of phenols is 1. The number of carbonyl (C=O) groups excluding carboxylic acids is 2. The van der Waals surface area contributed by atoms with Crippen molar-refractivity contribution >= 4 is 18.0 Å². The Morgan fingerprint density at radius 1 is 0.700 bits per heavy atom. The maximum Gasteiger partial charge on any atom is 0.254 e. The molecule has 0 spiro atoms. The quantitative estimate of drug-likeness (QED) is 0.533. The number of hydrogen-bond acceptors (Lipinski definition) is 4. The molecule has 0 aromatic heterocycles. The Labute approximate surface area is 173 Å². The standard InChI is InChI=1S/C25H18N2O3/c28-15-11-9-14(10-12-15)13-26-27-24(29)22-20-16-5-1-2-6-17(16)21(23(22)25(27)30)19-8-4-3-7-18(19)20/h1-13,20-23,28H/b26-13-/t20?,21?,22-,23-/m0/s1. The van der Waals surface area contributed by atoms with Gasteiger partial charge in [0.2, 0.25) is 0 Å². The molecule has 0 radical (unpaired) electrons. The highest BCUT2D eigenvalue weighted by Crippen LogP contribution is 2.60. The Hall–Kier alpha value is -3.73. The van der Waals surface area contributed by atoms with Crippen molar-refractivity contribution in [3.8, 4) is 5.75 Å². The summed E-state index contributed by atoms with van der Waals surface area (Å²) >= 11 is 0. The van der Waals surface area contributed by atoms with Crippen molar-refractivity contribution in [2.45, 2.75) is 11.8 Å². The first kappa shape index (κ1) is 17.2. The summed E-state index contributed by atoms with van der Waals surface area (Å²) in [5.74, 6) is -1.43. The molecule has 1 heterocycles. The van der Waals surface area contributed by atoms with Crippen molar-refractivity contribution in [1.82, 2.24) is 5.01 Å². The SMILES string of the molecule is O=C1[C@H]2C3c4ccccc4C(c4ccccc43)[C@@H]2C(=O)N1/N=C\c1ccc(O)cc1. The predicted octanol–water partition coefficient (Wildman–Crippen LogP) is 3.62. The molecule has 2 bridgehead atoms. The lowest BCUT2D eigenvalue weighted by atomic mass is 9.55. The number of rotatable bonds is 2. The van der Waals surface area contributed by atoms with Crippen molar-refractivity contribution in [2.24, 2.45) is 16.9 Å². The molecule has 2 atom stereocenters. The molecule has 1 aliphatic heterocycles. The highest BCUT2D eigenvalue weighted by atomic mass is 16.3. The summed E-state index contributed by atoms with van der Waals surface area (Å²) in [6, 6.07) is 22.8. The van der Waals surface area contributed by atoms with E-state index in [1.807, 2.05) is 24.3 Å². The van der Waals surface area contributed by atoms with Crippen molar-refractivity contribution < 1.29 is 14.7 Å². The minimum Gasteiger partial charge on any atom is -0.508 e. The van der Waals surface area contributed by atoms with Crippen molar-refractivity contribution in [3.63, 3.8) is 0 Å². The average molecular weight is 394 g/mol. The fraction of sp³-hybridized carbons (Fsp3) is 0.160. The third-order valence-electron chi connectivity index (χ3n) is 6.64. The van der Waals surface area contributed by atoms with Gasteiger partial charge in [-0.05, 0) is 52.1 Å². The van der Waals surface area contributed by atoms with Crippen LogP contribution >= 0.6 is 0 Å². The average Bonchev–Trinajstić information content (AvgIpc) is 3.04. The molecule has 2 amide bonds. The molecule has 7 rings (SSSR count). The van der Waals surface area contributed by atoms with Gasteiger partial charge < -0.3 is 5.11 Å². The number of hydrazone groups is 1. The van der Waals surface area contributed by atoms with E-state index in [2.05, 4.69) is 29.4 Å². The Kier molecular flexibility index (Phi) is 3.51. The van der Waals surface area contributed by atoms with Gasteiger partial charge in [0.1, 0.15) is 5.75 Å². The lowest BCUT2D eigenvalue weighted by molar-refractivity contribution is -0.139. The highest BCUT2D eigenvalue weighted by molar-refractivity contribution is 6.08. The zero-order chi connectivity index (χ0) is 20.4. The fourth-order valence-electron chi connectivity index (χ4n) is 5.46. The Balaban J connectivity index is 1.45. The number of carbonyl (C=O) groups is 2. The maximum atomic E-state index is 13.4. The number of amides is 2. The van der Waals surface area contributed by atoms with Gasteiger partial charge in [-0.3, -0.25) is 9.59 Å². The fourth-order valence-corrected chi connectivity index (χ4v) is 5.46. The van der Waals surface area contributed by atoms with E-state index in [1.165, 1.54) is 6.21 Å². The summed E-state index contributed by atoms with van der Waals surface area (Å²) in [7, 11) is 0. The second kappa shape index (κ2) is 6.13. The summed E-state index contributed by atoms with van der Waals surface area (Å²) in [5, 5.41) is 14.7. The van der Waals surface area contributed by atoms with Crippen molar-refractivity contribution in [3.05, 3.63) is 101 Å². The number of aromatic hydroxyl groups is 1. The largest absolute Gasteiger partial charge is 0.508 e. The lowest BCUT2D eigenvalue weighted by Crippen LogP contribution is -2.41. The van der Waals surface area contributed by atoms with Crippen LogP contribution < -0.4 is 0 Å². The maximum absolute atomic E-state index is 13.4. The molecule has 1 N–H and O–H groups in total. The van der Waals surface area contributed by atoms with Gasteiger partial charge in [0.25, 0.3) is 11.8 Å². The summed E-state index contributed by atoms with van der Waals surface area (Å²) in [4.78, 5) is 26.8. The third-order valence-corrected chi connectivity index (χ3v) is 6.64. The van der Waals surface area contributed by atoms with E-state index in [4.69, 9.17) is 0 Å². The molecule has 3 aromatic carbocycles. The zero-order valence-electron chi connectivity index (χ0n) is 16.0. The van der Waals surface area contributed by atoms with Crippen LogP contribution in [0.4, 0.5) is 0 Å². The Morgan fingerprint density at radius 3 is 1.57 bits per heavy atom. The second-order valence-electron chi connectivity index (χ2n) is 8.09. The van der Waals surface area contributed by atoms with Gasteiger partial charge >= 0.3 is 0 Å². The number of phenolic OH excluding ortho intramolecular Hbond substituents is 1. The Morgan fingerprint density at radius 2 is 1.13 bits per heavy atom. The molecular formula is C25H18N2O3. The molecule has 146 valence electrons. The monoisotopic (exact) mass is 394 g/mol. The second-order valence-corrected chi connectivity index (χ2v) is 8.09. The van der Waals surface area contributed by atoms with E-state index in [0.717, 1.165) is 27.3 Å². The van der Waals surface area contributed by atoms with Crippen LogP contribution in [0.15, 0.2) is 77.9 Å². The van der Waals surface area contributed by atoms with Crippen molar-refractivity contribution in [2.75, 3.05) is 0 Å². The van der Waals surface area contributed by atoms with Gasteiger partial charge in [-0.2, -0.15) is 10.1 Å². The molecule has 5 nitrogen and oxygen atoms in total. The first-order valence-electron chi connectivity index (χ1n) is 10.0. The number of hydrogen-bond donors (Lipinski definition) is 1. The smallest absolute Gasteiger partial charge is 0.254 e. The number of imide groups is 1. The van der Waals surface area contributed by atoms with Gasteiger partial charge in [-0.1, -0.05) is 48.5 Å². The van der Waals surface area contributed by atoms with Crippen LogP contribution in [0.5, 0.6) is 5.75 Å². The molecule has 0 unspecified atom stereocenters. The molecule has 1 saturated heterocycles. The van der Waals surface area contributed by atoms with E-state index in [9.17, 15) is 14.7 Å². The molecule has 1 fully saturated rings. The van der Waals surface area contributed by atoms with Crippen LogP contribution in [0.1, 0.15) is 39.7 Å². The van der Waals surface area contributed by atoms with E-state index in [-0.39, 0.29) is 29.4 Å². The highest BCUT2D eigenvalue weighted by Gasteiger charge is 2.61. The third kappa shape index (κ3) is 2.20. The van der Waals surface area contributed by atoms with Crippen LogP contribution in [0, 0.1) is 11.8 Å². The van der Waals surface area contributed by atoms with Gasteiger partial charge in [-0.25, -0.2) is 0 Å². The Bertz CT molecular complexity index is 1120. The van der Waals surface area contributed by atoms with Gasteiger partial charge in [0, 0.05) is 11.8 Å². The van der Waals surface area contributed by atoms with E-state index < -0.39 is 11.8 Å². The van der Waals surface area contributed by atoms with E-state index in [1.54, 1.807) is 24.3 Å². The number of nitrogens with zero attached hydrogens (tertiary/aromatic N) is 2.